The maximum Gasteiger partial charge on any atom is 0.153 e. The summed E-state index contributed by atoms with van der Waals surface area (Å²) in [4.78, 5) is 4.18. The van der Waals surface area contributed by atoms with Crippen molar-refractivity contribution in [2.45, 2.75) is 13.5 Å². The van der Waals surface area contributed by atoms with Gasteiger partial charge in [0.15, 0.2) is 5.82 Å². The summed E-state index contributed by atoms with van der Waals surface area (Å²) in [6, 6.07) is 3.87. The molecule has 0 saturated carbocycles. The molecular weight excluding hydrogens is 178 g/mol. The first kappa shape index (κ1) is 8.90. The third-order valence-electron chi connectivity index (χ3n) is 1.95. The number of aliphatic hydroxyl groups excluding tert-OH is 1. The highest BCUT2D eigenvalue weighted by atomic mass is 16.3. The molecule has 1 N–H and O–H groups in total. The second-order valence-corrected chi connectivity index (χ2v) is 3.14. The van der Waals surface area contributed by atoms with Crippen LogP contribution in [0.5, 0.6) is 0 Å². The van der Waals surface area contributed by atoms with E-state index in [9.17, 15) is 0 Å². The van der Waals surface area contributed by atoms with Crippen LogP contribution in [-0.2, 0) is 6.61 Å². The van der Waals surface area contributed by atoms with Crippen molar-refractivity contribution in [2.24, 2.45) is 0 Å². The molecule has 2 aromatic heterocycles. The minimum Gasteiger partial charge on any atom is -0.392 e. The van der Waals surface area contributed by atoms with Crippen LogP contribution in [0.4, 0.5) is 0 Å². The predicted molar refractivity (Wildman–Crippen MR) is 52.0 cm³/mol. The van der Waals surface area contributed by atoms with Gasteiger partial charge in [0.05, 0.1) is 12.8 Å². The average Bonchev–Trinajstić information content (AvgIpc) is 2.66. The molecule has 14 heavy (non-hydrogen) atoms. The molecule has 0 aliphatic carbocycles. The van der Waals surface area contributed by atoms with E-state index < -0.39 is 0 Å². The smallest absolute Gasteiger partial charge is 0.153 e. The Hall–Kier alpha value is -1.68. The van der Waals surface area contributed by atoms with E-state index in [1.54, 1.807) is 23.3 Å². The van der Waals surface area contributed by atoms with Crippen LogP contribution < -0.4 is 0 Å². The van der Waals surface area contributed by atoms with Crippen molar-refractivity contribution in [3.05, 3.63) is 41.9 Å². The monoisotopic (exact) mass is 189 g/mol. The Kier molecular flexibility index (Phi) is 2.28. The van der Waals surface area contributed by atoms with Crippen LogP contribution in [0.25, 0.3) is 5.82 Å². The number of rotatable bonds is 2. The molecule has 72 valence electrons. The summed E-state index contributed by atoms with van der Waals surface area (Å²) >= 11 is 0. The highest BCUT2D eigenvalue weighted by Crippen LogP contribution is 2.06. The average molecular weight is 189 g/mol. The first-order chi connectivity index (χ1) is 6.79. The van der Waals surface area contributed by atoms with E-state index in [2.05, 4.69) is 10.1 Å². The van der Waals surface area contributed by atoms with Gasteiger partial charge in [0.2, 0.25) is 0 Å². The number of nitrogens with zero attached hydrogens (tertiary/aromatic N) is 3. The number of aryl methyl sites for hydroxylation is 1. The lowest BCUT2D eigenvalue weighted by Crippen LogP contribution is -1.97. The van der Waals surface area contributed by atoms with Gasteiger partial charge in [0.25, 0.3) is 0 Å². The van der Waals surface area contributed by atoms with Crippen molar-refractivity contribution in [2.75, 3.05) is 0 Å². The molecule has 0 fully saturated rings. The van der Waals surface area contributed by atoms with Crippen molar-refractivity contribution in [3.63, 3.8) is 0 Å². The quantitative estimate of drug-likeness (QED) is 0.768. The van der Waals surface area contributed by atoms with Gasteiger partial charge in [-0.2, -0.15) is 5.10 Å². The van der Waals surface area contributed by atoms with Gasteiger partial charge in [-0.1, -0.05) is 0 Å². The lowest BCUT2D eigenvalue weighted by Gasteiger charge is -1.99. The zero-order valence-electron chi connectivity index (χ0n) is 7.88. The summed E-state index contributed by atoms with van der Waals surface area (Å²) in [6.45, 7) is 2.01. The molecule has 0 aromatic carbocycles. The zero-order chi connectivity index (χ0) is 9.97. The minimum absolute atomic E-state index is 0.00577. The fraction of sp³-hybridized carbons (Fsp3) is 0.200. The van der Waals surface area contributed by atoms with E-state index in [1.807, 2.05) is 19.1 Å². The molecule has 0 spiro atoms. The number of aromatic nitrogens is 3. The Morgan fingerprint density at radius 2 is 2.36 bits per heavy atom. The highest BCUT2D eigenvalue weighted by Gasteiger charge is 2.00. The summed E-state index contributed by atoms with van der Waals surface area (Å²) in [5.74, 6) is 0.768. The molecule has 0 radical (unpaired) electrons. The van der Waals surface area contributed by atoms with Gasteiger partial charge in [-0.3, -0.25) is 0 Å². The minimum atomic E-state index is 0.00577. The van der Waals surface area contributed by atoms with Gasteiger partial charge in [0.1, 0.15) is 0 Å². The van der Waals surface area contributed by atoms with Crippen molar-refractivity contribution in [3.8, 4) is 5.82 Å². The van der Waals surface area contributed by atoms with Gasteiger partial charge in [-0.05, 0) is 24.6 Å². The van der Waals surface area contributed by atoms with E-state index in [-0.39, 0.29) is 6.61 Å². The zero-order valence-corrected chi connectivity index (χ0v) is 7.88. The van der Waals surface area contributed by atoms with Crippen LogP contribution in [0.2, 0.25) is 0 Å². The molecular formula is C10H11N3O. The first-order valence-electron chi connectivity index (χ1n) is 4.37. The standard InChI is InChI=1S/C10H11N3O/c1-8-2-3-11-10(4-8)13-6-9(7-14)5-12-13/h2-6,14H,7H2,1H3. The summed E-state index contributed by atoms with van der Waals surface area (Å²) in [6.07, 6.45) is 5.14. The van der Waals surface area contributed by atoms with E-state index in [1.165, 1.54) is 0 Å². The van der Waals surface area contributed by atoms with Gasteiger partial charge < -0.3 is 5.11 Å². The fourth-order valence-electron chi connectivity index (χ4n) is 1.21. The molecule has 0 amide bonds. The fourth-order valence-corrected chi connectivity index (χ4v) is 1.21. The van der Waals surface area contributed by atoms with Crippen molar-refractivity contribution < 1.29 is 5.11 Å². The number of aliphatic hydroxyl groups is 1. The maximum atomic E-state index is 8.88. The number of pyridine rings is 1. The first-order valence-corrected chi connectivity index (χ1v) is 4.37. The third-order valence-corrected chi connectivity index (χ3v) is 1.95. The van der Waals surface area contributed by atoms with Crippen LogP contribution >= 0.6 is 0 Å². The van der Waals surface area contributed by atoms with Crippen LogP contribution in [0.3, 0.4) is 0 Å². The van der Waals surface area contributed by atoms with E-state index in [0.29, 0.717) is 0 Å². The molecule has 2 aromatic rings. The van der Waals surface area contributed by atoms with E-state index >= 15 is 0 Å². The van der Waals surface area contributed by atoms with Crippen molar-refractivity contribution in [1.82, 2.24) is 14.8 Å². The van der Waals surface area contributed by atoms with Crippen molar-refractivity contribution >= 4 is 0 Å². The molecule has 0 aliphatic heterocycles. The molecule has 4 heteroatoms. The van der Waals surface area contributed by atoms with E-state index in [0.717, 1.165) is 16.9 Å². The third kappa shape index (κ3) is 1.65. The van der Waals surface area contributed by atoms with E-state index in [4.69, 9.17) is 5.11 Å². The van der Waals surface area contributed by atoms with Gasteiger partial charge in [-0.15, -0.1) is 0 Å². The number of hydrogen-bond donors (Lipinski definition) is 1. The van der Waals surface area contributed by atoms with Crippen LogP contribution in [0.15, 0.2) is 30.7 Å². The molecule has 0 unspecified atom stereocenters. The Labute approximate surface area is 81.8 Å². The Morgan fingerprint density at radius 1 is 1.50 bits per heavy atom. The molecule has 2 heterocycles. The largest absolute Gasteiger partial charge is 0.392 e. The lowest BCUT2D eigenvalue weighted by atomic mass is 10.3. The second-order valence-electron chi connectivity index (χ2n) is 3.14. The summed E-state index contributed by atoms with van der Waals surface area (Å²) in [7, 11) is 0. The molecule has 2 rings (SSSR count). The molecule has 4 nitrogen and oxygen atoms in total. The Morgan fingerprint density at radius 3 is 3.00 bits per heavy atom. The highest BCUT2D eigenvalue weighted by molar-refractivity contribution is 5.26. The number of hydrogen-bond acceptors (Lipinski definition) is 3. The van der Waals surface area contributed by atoms with Crippen LogP contribution in [0, 0.1) is 6.92 Å². The Balaban J connectivity index is 2.39. The maximum absolute atomic E-state index is 8.88. The van der Waals surface area contributed by atoms with Crippen LogP contribution in [0.1, 0.15) is 11.1 Å². The molecule has 0 saturated heterocycles. The van der Waals surface area contributed by atoms with Crippen molar-refractivity contribution in [1.29, 1.82) is 0 Å². The molecule has 0 aliphatic rings. The van der Waals surface area contributed by atoms with Gasteiger partial charge in [-0.25, -0.2) is 9.67 Å². The van der Waals surface area contributed by atoms with Gasteiger partial charge >= 0.3 is 0 Å². The Bertz CT molecular complexity index is 436. The van der Waals surface area contributed by atoms with Crippen LogP contribution in [-0.4, -0.2) is 19.9 Å². The lowest BCUT2D eigenvalue weighted by molar-refractivity contribution is 0.282. The summed E-state index contributed by atoms with van der Waals surface area (Å²) in [5.41, 5.74) is 1.92. The SMILES string of the molecule is Cc1ccnc(-n2cc(CO)cn2)c1. The van der Waals surface area contributed by atoms with Gasteiger partial charge in [0, 0.05) is 18.0 Å². The predicted octanol–water partition coefficient (Wildman–Crippen LogP) is 1.07. The topological polar surface area (TPSA) is 50.9 Å². The summed E-state index contributed by atoms with van der Waals surface area (Å²) in [5, 5.41) is 13.0. The summed E-state index contributed by atoms with van der Waals surface area (Å²) < 4.78 is 1.65. The second kappa shape index (κ2) is 3.59. The molecule has 0 atom stereocenters. The normalized spacial score (nSPS) is 10.4. The molecule has 0 bridgehead atoms.